The standard InChI is InChI=1S/C13H16F3N5O/c1-22-9-4-2-3-8(5-9)19-11-6-10(13(14,15)16)20-12-17-7-18-21(11)12/h6-9,19H,2-5H2,1H3. The number of fused-ring (bicyclic) bond motifs is 1. The number of ether oxygens (including phenoxy) is 1. The van der Waals surface area contributed by atoms with Gasteiger partial charge < -0.3 is 10.1 Å². The molecule has 2 aromatic heterocycles. The number of hydrogen-bond donors (Lipinski definition) is 1. The molecule has 0 amide bonds. The highest BCUT2D eigenvalue weighted by Crippen LogP contribution is 2.30. The van der Waals surface area contributed by atoms with Crippen LogP contribution in [0.3, 0.4) is 0 Å². The summed E-state index contributed by atoms with van der Waals surface area (Å²) in [5.41, 5.74) is -0.977. The van der Waals surface area contributed by atoms with Crippen LogP contribution in [0.2, 0.25) is 0 Å². The molecule has 2 atom stereocenters. The van der Waals surface area contributed by atoms with Gasteiger partial charge in [0.05, 0.1) is 6.10 Å². The lowest BCUT2D eigenvalue weighted by atomic mass is 9.93. The second kappa shape index (κ2) is 5.71. The molecule has 1 aliphatic carbocycles. The van der Waals surface area contributed by atoms with Crippen LogP contribution < -0.4 is 5.32 Å². The smallest absolute Gasteiger partial charge is 0.381 e. The maximum absolute atomic E-state index is 12.9. The minimum absolute atomic E-state index is 0.0367. The molecule has 1 fully saturated rings. The number of anilines is 1. The summed E-state index contributed by atoms with van der Waals surface area (Å²) in [5, 5.41) is 7.06. The van der Waals surface area contributed by atoms with Crippen LogP contribution in [0.15, 0.2) is 12.4 Å². The Morgan fingerprint density at radius 1 is 1.36 bits per heavy atom. The highest BCUT2D eigenvalue weighted by atomic mass is 19.4. The van der Waals surface area contributed by atoms with E-state index in [0.29, 0.717) is 0 Å². The van der Waals surface area contributed by atoms with Gasteiger partial charge in [0, 0.05) is 19.2 Å². The molecule has 0 bridgehead atoms. The van der Waals surface area contributed by atoms with Gasteiger partial charge in [0.1, 0.15) is 12.1 Å². The van der Waals surface area contributed by atoms with Crippen LogP contribution in [-0.4, -0.2) is 38.8 Å². The fourth-order valence-electron chi connectivity index (χ4n) is 2.76. The van der Waals surface area contributed by atoms with E-state index in [9.17, 15) is 13.2 Å². The highest BCUT2D eigenvalue weighted by Gasteiger charge is 2.34. The highest BCUT2D eigenvalue weighted by molar-refractivity contribution is 5.46. The minimum Gasteiger partial charge on any atom is -0.381 e. The zero-order valence-corrected chi connectivity index (χ0v) is 12.0. The van der Waals surface area contributed by atoms with Gasteiger partial charge in [-0.05, 0) is 25.7 Å². The molecule has 1 saturated carbocycles. The van der Waals surface area contributed by atoms with Crippen molar-refractivity contribution >= 4 is 11.6 Å². The maximum Gasteiger partial charge on any atom is 0.433 e. The third-order valence-corrected chi connectivity index (χ3v) is 3.85. The number of nitrogens with one attached hydrogen (secondary N) is 1. The van der Waals surface area contributed by atoms with Crippen LogP contribution in [-0.2, 0) is 10.9 Å². The Morgan fingerprint density at radius 3 is 2.91 bits per heavy atom. The molecule has 22 heavy (non-hydrogen) atoms. The Morgan fingerprint density at radius 2 is 2.18 bits per heavy atom. The molecule has 0 saturated heterocycles. The number of halogens is 3. The number of rotatable bonds is 3. The van der Waals surface area contributed by atoms with Crippen LogP contribution >= 0.6 is 0 Å². The zero-order valence-electron chi connectivity index (χ0n) is 12.0. The number of methoxy groups -OCH3 is 1. The molecule has 9 heteroatoms. The second-order valence-corrected chi connectivity index (χ2v) is 5.36. The van der Waals surface area contributed by atoms with Crippen LogP contribution in [0.5, 0.6) is 0 Å². The summed E-state index contributed by atoms with van der Waals surface area (Å²) >= 11 is 0. The summed E-state index contributed by atoms with van der Waals surface area (Å²) in [6.07, 6.45) is 0.348. The Kier molecular flexibility index (Phi) is 3.90. The van der Waals surface area contributed by atoms with Crippen molar-refractivity contribution in [3.63, 3.8) is 0 Å². The zero-order chi connectivity index (χ0) is 15.7. The predicted octanol–water partition coefficient (Wildman–Crippen LogP) is 2.51. The lowest BCUT2D eigenvalue weighted by molar-refractivity contribution is -0.141. The van der Waals surface area contributed by atoms with Crippen LogP contribution in [0, 0.1) is 0 Å². The van der Waals surface area contributed by atoms with Crippen molar-refractivity contribution in [3.8, 4) is 0 Å². The van der Waals surface area contributed by atoms with Crippen molar-refractivity contribution in [1.82, 2.24) is 19.6 Å². The molecule has 1 aliphatic rings. The lowest BCUT2D eigenvalue weighted by Gasteiger charge is -2.29. The lowest BCUT2D eigenvalue weighted by Crippen LogP contribution is -2.32. The van der Waals surface area contributed by atoms with Crippen molar-refractivity contribution < 1.29 is 17.9 Å². The Hall–Kier alpha value is -1.90. The summed E-state index contributed by atoms with van der Waals surface area (Å²) in [6, 6.07) is 1.01. The van der Waals surface area contributed by atoms with Crippen molar-refractivity contribution in [2.75, 3.05) is 12.4 Å². The van der Waals surface area contributed by atoms with Crippen LogP contribution in [0.1, 0.15) is 31.4 Å². The van der Waals surface area contributed by atoms with E-state index >= 15 is 0 Å². The average Bonchev–Trinajstić information content (AvgIpc) is 2.95. The van der Waals surface area contributed by atoms with Crippen molar-refractivity contribution in [3.05, 3.63) is 18.1 Å². The van der Waals surface area contributed by atoms with E-state index in [0.717, 1.165) is 31.7 Å². The van der Waals surface area contributed by atoms with Gasteiger partial charge in [-0.2, -0.15) is 27.8 Å². The molecule has 0 aromatic carbocycles. The monoisotopic (exact) mass is 315 g/mol. The summed E-state index contributed by atoms with van der Waals surface area (Å²) in [5.74, 6) is 0.174. The van der Waals surface area contributed by atoms with Crippen LogP contribution in [0.4, 0.5) is 19.0 Å². The topological polar surface area (TPSA) is 64.3 Å². The number of aromatic nitrogens is 4. The van der Waals surface area contributed by atoms with E-state index in [1.54, 1.807) is 7.11 Å². The molecular formula is C13H16F3N5O. The molecule has 2 unspecified atom stereocenters. The first-order chi connectivity index (χ1) is 10.5. The summed E-state index contributed by atoms with van der Waals surface area (Å²) in [6.45, 7) is 0. The van der Waals surface area contributed by atoms with Gasteiger partial charge in [-0.1, -0.05) is 0 Å². The molecule has 3 rings (SSSR count). The minimum atomic E-state index is -4.52. The molecule has 120 valence electrons. The Labute approximate surface area is 124 Å². The van der Waals surface area contributed by atoms with Gasteiger partial charge in [0.15, 0.2) is 5.69 Å². The third-order valence-electron chi connectivity index (χ3n) is 3.85. The van der Waals surface area contributed by atoms with E-state index in [4.69, 9.17) is 4.74 Å². The van der Waals surface area contributed by atoms with Gasteiger partial charge in [0.25, 0.3) is 5.78 Å². The van der Waals surface area contributed by atoms with Crippen molar-refractivity contribution in [2.45, 2.75) is 44.0 Å². The predicted molar refractivity (Wildman–Crippen MR) is 72.5 cm³/mol. The normalized spacial score (nSPS) is 22.9. The van der Waals surface area contributed by atoms with Crippen molar-refractivity contribution in [2.24, 2.45) is 0 Å². The van der Waals surface area contributed by atoms with Gasteiger partial charge in [-0.25, -0.2) is 4.98 Å². The first-order valence-electron chi connectivity index (χ1n) is 7.04. The first-order valence-corrected chi connectivity index (χ1v) is 7.04. The molecule has 2 aromatic rings. The molecule has 6 nitrogen and oxygen atoms in total. The van der Waals surface area contributed by atoms with Gasteiger partial charge in [-0.15, -0.1) is 0 Å². The number of nitrogens with zero attached hydrogens (tertiary/aromatic N) is 4. The third kappa shape index (κ3) is 2.99. The fourth-order valence-corrected chi connectivity index (χ4v) is 2.76. The van der Waals surface area contributed by atoms with E-state index in [1.165, 1.54) is 10.8 Å². The van der Waals surface area contributed by atoms with Crippen molar-refractivity contribution in [1.29, 1.82) is 0 Å². The van der Waals surface area contributed by atoms with Crippen LogP contribution in [0.25, 0.3) is 5.78 Å². The Balaban J connectivity index is 1.90. The molecule has 0 aliphatic heterocycles. The van der Waals surface area contributed by atoms with Gasteiger partial charge in [0.2, 0.25) is 0 Å². The summed E-state index contributed by atoms with van der Waals surface area (Å²) in [4.78, 5) is 7.24. The second-order valence-electron chi connectivity index (χ2n) is 5.36. The molecule has 1 N–H and O–H groups in total. The molecule has 0 radical (unpaired) electrons. The SMILES string of the molecule is COC1CCCC(Nc2cc(C(F)(F)F)nc3ncnn23)C1. The van der Waals surface area contributed by atoms with E-state index < -0.39 is 11.9 Å². The number of alkyl halides is 3. The van der Waals surface area contributed by atoms with E-state index in [2.05, 4.69) is 20.4 Å². The number of hydrogen-bond acceptors (Lipinski definition) is 5. The average molecular weight is 315 g/mol. The van der Waals surface area contributed by atoms with E-state index in [1.807, 2.05) is 0 Å². The fraction of sp³-hybridized carbons (Fsp3) is 0.615. The first kappa shape index (κ1) is 15.0. The quantitative estimate of drug-likeness (QED) is 0.943. The molecule has 0 spiro atoms. The largest absolute Gasteiger partial charge is 0.433 e. The maximum atomic E-state index is 12.9. The summed E-state index contributed by atoms with van der Waals surface area (Å²) < 4.78 is 45.4. The van der Waals surface area contributed by atoms with Gasteiger partial charge in [-0.3, -0.25) is 0 Å². The Bertz CT molecular complexity index is 657. The van der Waals surface area contributed by atoms with Gasteiger partial charge >= 0.3 is 6.18 Å². The molecular weight excluding hydrogens is 299 g/mol. The summed E-state index contributed by atoms with van der Waals surface area (Å²) in [7, 11) is 1.65. The molecule has 2 heterocycles. The van der Waals surface area contributed by atoms with E-state index in [-0.39, 0.29) is 23.7 Å².